The van der Waals surface area contributed by atoms with Crippen LogP contribution in [0.25, 0.3) is 0 Å². The maximum absolute atomic E-state index is 14.2. The molecule has 114 valence electrons. The number of benzene rings is 1. The van der Waals surface area contributed by atoms with Crippen LogP contribution in [0.1, 0.15) is 24.2 Å². The van der Waals surface area contributed by atoms with Crippen LogP contribution in [0.4, 0.5) is 8.78 Å². The normalized spacial score (nSPS) is 12.5. The van der Waals surface area contributed by atoms with E-state index in [1.54, 1.807) is 17.9 Å². The number of nitrogens with zero attached hydrogens (tertiary/aromatic N) is 2. The molecule has 2 aromatic rings. The van der Waals surface area contributed by atoms with Gasteiger partial charge in [-0.3, -0.25) is 4.68 Å². The number of hydrogen-bond donors (Lipinski definition) is 1. The second kappa shape index (κ2) is 6.41. The highest BCUT2D eigenvalue weighted by Crippen LogP contribution is 2.33. The Morgan fingerprint density at radius 1 is 1.38 bits per heavy atom. The number of aromatic nitrogens is 2. The molecule has 0 aliphatic heterocycles. The summed E-state index contributed by atoms with van der Waals surface area (Å²) in [7, 11) is 3.16. The molecule has 1 heterocycles. The molecule has 0 spiro atoms. The second-order valence-corrected chi connectivity index (χ2v) is 4.83. The van der Waals surface area contributed by atoms with Crippen LogP contribution < -0.4 is 10.1 Å². The van der Waals surface area contributed by atoms with E-state index in [0.717, 1.165) is 12.1 Å². The van der Waals surface area contributed by atoms with Gasteiger partial charge in [0.05, 0.1) is 24.4 Å². The van der Waals surface area contributed by atoms with Gasteiger partial charge < -0.3 is 10.1 Å². The van der Waals surface area contributed by atoms with Crippen molar-refractivity contribution in [3.05, 3.63) is 46.2 Å². The van der Waals surface area contributed by atoms with E-state index in [0.29, 0.717) is 18.0 Å². The van der Waals surface area contributed by atoms with E-state index in [4.69, 9.17) is 16.3 Å². The van der Waals surface area contributed by atoms with Gasteiger partial charge in [-0.1, -0.05) is 11.6 Å². The van der Waals surface area contributed by atoms with Crippen LogP contribution in [0.5, 0.6) is 5.75 Å². The average molecular weight is 316 g/mol. The Labute approximate surface area is 126 Å². The molecule has 1 atom stereocenters. The van der Waals surface area contributed by atoms with Crippen molar-refractivity contribution in [3.63, 3.8) is 0 Å². The summed E-state index contributed by atoms with van der Waals surface area (Å²) in [6, 6.07) is 1.45. The fraction of sp³-hybridized carbons (Fsp3) is 0.357. The number of nitrogens with one attached hydrogen (secondary N) is 1. The first-order valence-electron chi connectivity index (χ1n) is 6.44. The Bertz CT molecular complexity index is 624. The zero-order valence-corrected chi connectivity index (χ0v) is 12.7. The largest absolute Gasteiger partial charge is 0.493 e. The van der Waals surface area contributed by atoms with Crippen molar-refractivity contribution >= 4 is 11.6 Å². The third-order valence-electron chi connectivity index (χ3n) is 3.28. The molecule has 4 nitrogen and oxygen atoms in total. The predicted molar refractivity (Wildman–Crippen MR) is 76.7 cm³/mol. The highest BCUT2D eigenvalue weighted by atomic mass is 35.5. The summed E-state index contributed by atoms with van der Waals surface area (Å²) in [6.07, 6.45) is 1.55. The number of aryl methyl sites for hydroxylation is 1. The number of hydrogen-bond acceptors (Lipinski definition) is 3. The molecule has 21 heavy (non-hydrogen) atoms. The maximum Gasteiger partial charge on any atom is 0.161 e. The Morgan fingerprint density at radius 3 is 2.67 bits per heavy atom. The van der Waals surface area contributed by atoms with Crippen molar-refractivity contribution < 1.29 is 13.5 Å². The molecular formula is C14H16ClF2N3O. The molecule has 0 aliphatic rings. The highest BCUT2D eigenvalue weighted by Gasteiger charge is 2.25. The first kappa shape index (κ1) is 15.7. The van der Waals surface area contributed by atoms with Crippen molar-refractivity contribution in [2.45, 2.75) is 19.5 Å². The molecule has 0 saturated carbocycles. The second-order valence-electron chi connectivity index (χ2n) is 4.42. The SMILES string of the molecule is CCn1ncc(OC)c1C(NC)c1cc(F)c(Cl)cc1F. The molecule has 1 N–H and O–H groups in total. The molecule has 0 aliphatic carbocycles. The molecule has 1 aromatic carbocycles. The van der Waals surface area contributed by atoms with E-state index >= 15 is 0 Å². The summed E-state index contributed by atoms with van der Waals surface area (Å²) in [5.41, 5.74) is 0.774. The Hall–Kier alpha value is -1.66. The number of halogens is 3. The Balaban J connectivity index is 2.60. The molecule has 1 unspecified atom stereocenters. The van der Waals surface area contributed by atoms with E-state index in [1.165, 1.54) is 7.11 Å². The molecular weight excluding hydrogens is 300 g/mol. The maximum atomic E-state index is 14.2. The summed E-state index contributed by atoms with van der Waals surface area (Å²) in [4.78, 5) is 0. The lowest BCUT2D eigenvalue weighted by Crippen LogP contribution is -2.23. The third kappa shape index (κ3) is 2.87. The lowest BCUT2D eigenvalue weighted by molar-refractivity contribution is 0.399. The van der Waals surface area contributed by atoms with E-state index in [2.05, 4.69) is 10.4 Å². The number of methoxy groups -OCH3 is 1. The van der Waals surface area contributed by atoms with Crippen LogP contribution in [0.3, 0.4) is 0 Å². The number of ether oxygens (including phenoxy) is 1. The van der Waals surface area contributed by atoms with Crippen molar-refractivity contribution in [3.8, 4) is 5.75 Å². The standard InChI is InChI=1S/C14H16ClF2N3O/c1-4-20-14(12(21-3)7-19-20)13(18-2)8-5-11(17)9(15)6-10(8)16/h5-7,13,18H,4H2,1-3H3. The van der Waals surface area contributed by atoms with E-state index in [1.807, 2.05) is 6.92 Å². The van der Waals surface area contributed by atoms with Crippen LogP contribution >= 0.6 is 11.6 Å². The third-order valence-corrected chi connectivity index (χ3v) is 3.57. The van der Waals surface area contributed by atoms with Gasteiger partial charge in [-0.2, -0.15) is 5.10 Å². The fourth-order valence-electron chi connectivity index (χ4n) is 2.28. The van der Waals surface area contributed by atoms with Crippen LogP contribution in [0.15, 0.2) is 18.3 Å². The monoisotopic (exact) mass is 315 g/mol. The zero-order chi connectivity index (χ0) is 15.6. The smallest absolute Gasteiger partial charge is 0.161 e. The minimum Gasteiger partial charge on any atom is -0.493 e. The van der Waals surface area contributed by atoms with E-state index in [-0.39, 0.29) is 10.6 Å². The predicted octanol–water partition coefficient (Wildman–Crippen LogP) is 3.15. The van der Waals surface area contributed by atoms with Gasteiger partial charge in [0.1, 0.15) is 17.3 Å². The van der Waals surface area contributed by atoms with Crippen LogP contribution in [0, 0.1) is 11.6 Å². The topological polar surface area (TPSA) is 39.1 Å². The summed E-state index contributed by atoms with van der Waals surface area (Å²) in [6.45, 7) is 2.48. The van der Waals surface area contributed by atoms with Crippen LogP contribution in [0.2, 0.25) is 5.02 Å². The molecule has 0 amide bonds. The molecule has 0 radical (unpaired) electrons. The summed E-state index contributed by atoms with van der Waals surface area (Å²) >= 11 is 5.60. The van der Waals surface area contributed by atoms with Crippen molar-refractivity contribution in [2.24, 2.45) is 0 Å². The zero-order valence-electron chi connectivity index (χ0n) is 12.0. The van der Waals surface area contributed by atoms with Gasteiger partial charge in [0.15, 0.2) is 5.75 Å². The quantitative estimate of drug-likeness (QED) is 0.862. The first-order chi connectivity index (χ1) is 10.0. The fourth-order valence-corrected chi connectivity index (χ4v) is 2.43. The molecule has 0 fully saturated rings. The van der Waals surface area contributed by atoms with Gasteiger partial charge in [-0.25, -0.2) is 8.78 Å². The Kier molecular flexibility index (Phi) is 4.80. The van der Waals surface area contributed by atoms with Gasteiger partial charge in [-0.15, -0.1) is 0 Å². The van der Waals surface area contributed by atoms with Gasteiger partial charge in [0.2, 0.25) is 0 Å². The van der Waals surface area contributed by atoms with Gasteiger partial charge >= 0.3 is 0 Å². The van der Waals surface area contributed by atoms with Gasteiger partial charge in [0, 0.05) is 12.1 Å². The van der Waals surface area contributed by atoms with Crippen molar-refractivity contribution in [1.29, 1.82) is 0 Å². The van der Waals surface area contributed by atoms with Gasteiger partial charge in [-0.05, 0) is 26.1 Å². The minimum atomic E-state index is -0.671. The van der Waals surface area contributed by atoms with Crippen LogP contribution in [-0.4, -0.2) is 23.9 Å². The molecule has 0 bridgehead atoms. The highest BCUT2D eigenvalue weighted by molar-refractivity contribution is 6.30. The lowest BCUT2D eigenvalue weighted by Gasteiger charge is -2.20. The van der Waals surface area contributed by atoms with Crippen LogP contribution in [-0.2, 0) is 6.54 Å². The van der Waals surface area contributed by atoms with E-state index in [9.17, 15) is 8.78 Å². The Morgan fingerprint density at radius 2 is 2.10 bits per heavy atom. The first-order valence-corrected chi connectivity index (χ1v) is 6.82. The minimum absolute atomic E-state index is 0.146. The van der Waals surface area contributed by atoms with Crippen molar-refractivity contribution in [1.82, 2.24) is 15.1 Å². The summed E-state index contributed by atoms with van der Waals surface area (Å²) in [5, 5.41) is 6.90. The number of rotatable bonds is 5. The van der Waals surface area contributed by atoms with Crippen molar-refractivity contribution in [2.75, 3.05) is 14.2 Å². The molecule has 0 saturated heterocycles. The average Bonchev–Trinajstić information content (AvgIpc) is 2.88. The molecule has 2 rings (SSSR count). The summed E-state index contributed by atoms with van der Waals surface area (Å²) < 4.78 is 34.8. The molecule has 1 aromatic heterocycles. The lowest BCUT2D eigenvalue weighted by atomic mass is 10.0. The van der Waals surface area contributed by atoms with Gasteiger partial charge in [0.25, 0.3) is 0 Å². The summed E-state index contributed by atoms with van der Waals surface area (Å²) in [5.74, 6) is -0.757. The molecule has 7 heteroatoms. The van der Waals surface area contributed by atoms with E-state index < -0.39 is 17.7 Å².